The van der Waals surface area contributed by atoms with Gasteiger partial charge in [0.1, 0.15) is 131 Å². The first-order valence-corrected chi connectivity index (χ1v) is 55.3. The molecule has 0 bridgehead atoms. The molecule has 0 spiro atoms. The van der Waals surface area contributed by atoms with Gasteiger partial charge in [0.2, 0.25) is 50.6 Å². The molecule has 8 rings (SSSR count). The molecule has 0 radical (unpaired) electrons. The van der Waals surface area contributed by atoms with Gasteiger partial charge in [-0.05, 0) is 103 Å². The summed E-state index contributed by atoms with van der Waals surface area (Å²) in [6, 6.07) is 0. The molecule has 0 aliphatic rings. The highest BCUT2D eigenvalue weighted by Gasteiger charge is 2.07. The molecule has 132 heavy (non-hydrogen) atoms. The van der Waals surface area contributed by atoms with E-state index in [0.29, 0.717) is 0 Å². The lowest BCUT2D eigenvalue weighted by atomic mass is 10.1. The Morgan fingerprint density at radius 1 is 0.174 bits per heavy atom. The summed E-state index contributed by atoms with van der Waals surface area (Å²) in [7, 11) is -6.02. The Kier molecular flexibility index (Phi) is 90.4. The smallest absolute Gasteiger partial charge is 0.243 e. The maximum Gasteiger partial charge on any atom is 0.243 e. The van der Waals surface area contributed by atoms with E-state index in [-0.39, 0.29) is 0 Å². The van der Waals surface area contributed by atoms with Gasteiger partial charge in [0.05, 0.1) is 109 Å². The minimum atomic E-state index is -5.64. The first-order valence-electron chi connectivity index (χ1n) is 49.6. The first kappa shape index (κ1) is 132. The van der Waals surface area contributed by atoms with Gasteiger partial charge in [-0.15, -0.1) is 0 Å². The van der Waals surface area contributed by atoms with Crippen LogP contribution in [0, 0.1) is 0 Å². The molecule has 0 amide bonds. The second-order valence-corrected chi connectivity index (χ2v) is 37.8. The molecule has 0 aliphatic carbocycles. The van der Waals surface area contributed by atoms with E-state index in [9.17, 15) is 16.8 Å². The van der Waals surface area contributed by atoms with Crippen molar-refractivity contribution in [3.63, 3.8) is 0 Å². The molecule has 8 aromatic rings. The summed E-state index contributed by atoms with van der Waals surface area (Å²) < 4.78 is 109. The average Bonchev–Trinajstić information content (AvgIpc) is 1.85. The molecule has 0 atom stereocenters. The third-order valence-electron chi connectivity index (χ3n) is 20.7. The topological polar surface area (TPSA) is 323 Å². The lowest BCUT2D eigenvalue weighted by molar-refractivity contribution is -0.671. The highest BCUT2D eigenvalue weighted by molar-refractivity contribution is 7.43. The van der Waals surface area contributed by atoms with Crippen LogP contribution in [0.2, 0.25) is 0 Å². The fourth-order valence-corrected chi connectivity index (χ4v) is 13.7. The van der Waals surface area contributed by atoms with Crippen LogP contribution in [-0.4, -0.2) is 36.5 Å². The van der Waals surface area contributed by atoms with E-state index in [1.165, 1.54) is 361 Å². The number of unbranched alkanes of at least 4 members (excludes halogenated alkanes) is 40. The monoisotopic (exact) mass is 1950 g/mol. The molecule has 0 saturated carbocycles. The summed E-state index contributed by atoms with van der Waals surface area (Å²) in [5, 5.41) is 0. The van der Waals surface area contributed by atoms with E-state index in [2.05, 4.69) is 335 Å². The van der Waals surface area contributed by atoms with E-state index >= 15 is 0 Å². The standard InChI is InChI=1S/8C12H23N2.4FH2O3P/c8*1-3-4-5-6-7-8-9-14-11-10-13(2)12-14;4*1-5(2,3)4/h8*10-12H,3-9H2,1-2H3;4*(H2,2,3,4)/q8*+1;;;;/p-8. The van der Waals surface area contributed by atoms with E-state index in [0.717, 1.165) is 0 Å². The highest BCUT2D eigenvalue weighted by atomic mass is 31.2. The second kappa shape index (κ2) is 90.2. The number of imidazole rings is 8. The van der Waals surface area contributed by atoms with Crippen molar-refractivity contribution in [3.8, 4) is 0 Å². The first-order chi connectivity index (χ1) is 62.6. The predicted octanol–water partition coefficient (Wildman–Crippen LogP) is 16.5. The number of nitrogens with zero attached hydrogens (tertiary/aromatic N) is 16. The van der Waals surface area contributed by atoms with E-state index in [1.54, 1.807) is 0 Å². The number of aromatic nitrogens is 16. The van der Waals surface area contributed by atoms with Gasteiger partial charge in [0, 0.05) is 0 Å². The summed E-state index contributed by atoms with van der Waals surface area (Å²) in [4.78, 5) is 67.5. The molecule has 0 aliphatic heterocycles. The Hall–Kier alpha value is -6.00. The van der Waals surface area contributed by atoms with E-state index in [1.807, 2.05) is 0 Å². The van der Waals surface area contributed by atoms with Crippen molar-refractivity contribution in [3.05, 3.63) is 150 Å². The second-order valence-electron chi connectivity index (χ2n) is 34.4. The Morgan fingerprint density at radius 2 is 0.250 bits per heavy atom. The van der Waals surface area contributed by atoms with Gasteiger partial charge in [0.15, 0.2) is 0 Å². The Balaban J connectivity index is -0.000000688. The van der Waals surface area contributed by atoms with Gasteiger partial charge in [-0.1, -0.05) is 261 Å². The number of halogens is 4. The molecule has 36 heteroatoms. The molecule has 0 N–H and O–H groups in total. The summed E-state index contributed by atoms with van der Waals surface area (Å²) in [5.74, 6) is 0. The van der Waals surface area contributed by atoms with Crippen molar-refractivity contribution in [1.29, 1.82) is 0 Å². The van der Waals surface area contributed by atoms with Gasteiger partial charge in [-0.25, -0.2) is 89.9 Å². The van der Waals surface area contributed by atoms with Crippen LogP contribution in [0.25, 0.3) is 0 Å². The Labute approximate surface area is 796 Å². The van der Waals surface area contributed by atoms with Gasteiger partial charge >= 0.3 is 0 Å². The zero-order chi connectivity index (χ0) is 99.8. The van der Waals surface area contributed by atoms with Gasteiger partial charge in [0.25, 0.3) is 0 Å². The van der Waals surface area contributed by atoms with Crippen molar-refractivity contribution in [2.75, 3.05) is 0 Å². The van der Waals surface area contributed by atoms with Crippen molar-refractivity contribution in [2.45, 2.75) is 416 Å². The molecule has 8 heterocycles. The predicted molar refractivity (Wildman–Crippen MR) is 507 cm³/mol. The lowest BCUT2D eigenvalue weighted by Crippen LogP contribution is -2.23. The SMILES string of the molecule is CCCCCCCCn1cc[n+](C)c1.CCCCCCCCn1cc[n+](C)c1.CCCCCCCCn1cc[n+](C)c1.CCCCCCCCn1cc[n+](C)c1.CCCCCCCCn1cc[n+](C)c1.CCCCCCCCn1cc[n+](C)c1.CCCCCCCCn1cc[n+](C)c1.CCCCCCCCn1cc[n+](C)c1.O=P([O-])([O-])F.O=P([O-])([O-])F.O=P([O-])([O-])F.O=P([O-])([O-])F. The summed E-state index contributed by atoms with van der Waals surface area (Å²) in [6.45, 7) is 27.5. The van der Waals surface area contributed by atoms with Crippen LogP contribution in [-0.2, 0) is 127 Å². The number of hydrogen-bond acceptors (Lipinski definition) is 12. The van der Waals surface area contributed by atoms with Crippen molar-refractivity contribution < 1.29 is 111 Å². The number of hydrogen-bond donors (Lipinski definition) is 0. The van der Waals surface area contributed by atoms with E-state index < -0.39 is 31.6 Å². The third-order valence-corrected chi connectivity index (χ3v) is 20.7. The Morgan fingerprint density at radius 3 is 0.318 bits per heavy atom. The third kappa shape index (κ3) is 111. The average molecular weight is 1950 g/mol. The molecular formula is C96H184F4N16O12P4. The van der Waals surface area contributed by atoms with Crippen LogP contribution < -0.4 is 75.7 Å². The van der Waals surface area contributed by atoms with Gasteiger partial charge in [-0.3, -0.25) is 0 Å². The van der Waals surface area contributed by atoms with Crippen LogP contribution in [0.3, 0.4) is 0 Å². The summed E-state index contributed by atoms with van der Waals surface area (Å²) >= 11 is 0. The molecular weight excluding hydrogens is 1770 g/mol. The molecule has 0 saturated heterocycles. The molecule has 28 nitrogen and oxygen atoms in total. The number of aryl methyl sites for hydroxylation is 16. The van der Waals surface area contributed by atoms with Crippen molar-refractivity contribution >= 4 is 31.6 Å². The summed E-state index contributed by atoms with van der Waals surface area (Å²) in [6.07, 6.45) is 117. The van der Waals surface area contributed by atoms with Gasteiger partial charge in [-0.2, -0.15) is 0 Å². The van der Waals surface area contributed by atoms with Crippen LogP contribution >= 0.6 is 31.6 Å². The normalized spacial score (nSPS) is 10.9. The summed E-state index contributed by atoms with van der Waals surface area (Å²) in [5.41, 5.74) is 0. The van der Waals surface area contributed by atoms with Crippen LogP contribution in [0.4, 0.5) is 16.8 Å². The Bertz CT molecular complexity index is 3240. The molecule has 0 fully saturated rings. The zero-order valence-corrected chi connectivity index (χ0v) is 88.4. The maximum absolute atomic E-state index is 10.1. The molecule has 0 unspecified atom stereocenters. The molecule has 768 valence electrons. The highest BCUT2D eigenvalue weighted by Crippen LogP contribution is 2.24. The quantitative estimate of drug-likeness (QED) is 0.0149. The number of rotatable bonds is 56. The van der Waals surface area contributed by atoms with Gasteiger partial charge < -0.3 is 57.4 Å². The zero-order valence-electron chi connectivity index (χ0n) is 84.8. The fourth-order valence-electron chi connectivity index (χ4n) is 13.7. The van der Waals surface area contributed by atoms with Crippen LogP contribution in [0.5, 0.6) is 0 Å². The molecule has 8 aromatic heterocycles. The maximum atomic E-state index is 10.1. The fraction of sp³-hybridized carbons (Fsp3) is 0.750. The largest absolute Gasteiger partial charge is 0.786 e. The van der Waals surface area contributed by atoms with Crippen LogP contribution in [0.1, 0.15) is 364 Å². The van der Waals surface area contributed by atoms with Crippen LogP contribution in [0.15, 0.2) is 150 Å². The van der Waals surface area contributed by atoms with Crippen molar-refractivity contribution in [1.82, 2.24) is 36.5 Å². The lowest BCUT2D eigenvalue weighted by Gasteiger charge is -2.15. The van der Waals surface area contributed by atoms with E-state index in [4.69, 9.17) is 57.4 Å². The van der Waals surface area contributed by atoms with Crippen molar-refractivity contribution in [2.24, 2.45) is 56.4 Å². The molecule has 0 aromatic carbocycles. The minimum Gasteiger partial charge on any atom is -0.786 e. The minimum absolute atomic E-state index is 1.17.